The lowest BCUT2D eigenvalue weighted by Gasteiger charge is -2.26. The molecule has 0 spiro atoms. The average molecular weight is 435 g/mol. The number of urea groups is 1. The molecule has 148 valence electrons. The molecule has 3 aromatic carbocycles. The summed E-state index contributed by atoms with van der Waals surface area (Å²) in [4.78, 5) is 40.3. The van der Waals surface area contributed by atoms with E-state index in [1.54, 1.807) is 42.1 Å². The van der Waals surface area contributed by atoms with Crippen LogP contribution in [0.15, 0.2) is 94.2 Å². The third-order valence-corrected chi connectivity index (χ3v) is 5.62. The summed E-state index contributed by atoms with van der Waals surface area (Å²) >= 11 is 7.48. The van der Waals surface area contributed by atoms with Crippen molar-refractivity contribution >= 4 is 53.0 Å². The third-order valence-electron chi connectivity index (χ3n) is 4.36. The number of amides is 4. The zero-order valence-corrected chi connectivity index (χ0v) is 17.1. The molecule has 1 heterocycles. The average Bonchev–Trinajstić information content (AvgIpc) is 2.74. The van der Waals surface area contributed by atoms with Crippen molar-refractivity contribution in [2.45, 2.75) is 9.79 Å². The topological polar surface area (TPSA) is 66.5 Å². The molecule has 4 rings (SSSR count). The highest BCUT2D eigenvalue weighted by molar-refractivity contribution is 7.99. The smallest absolute Gasteiger partial charge is 0.273 e. The number of halogens is 1. The van der Waals surface area contributed by atoms with Crippen molar-refractivity contribution in [1.29, 1.82) is 0 Å². The van der Waals surface area contributed by atoms with E-state index >= 15 is 0 Å². The summed E-state index contributed by atoms with van der Waals surface area (Å²) in [7, 11) is 0. The molecule has 1 fully saturated rings. The summed E-state index contributed by atoms with van der Waals surface area (Å²) in [6.07, 6.45) is 1.48. The number of para-hydroxylation sites is 1. The molecule has 0 unspecified atom stereocenters. The lowest BCUT2D eigenvalue weighted by Crippen LogP contribution is -2.54. The summed E-state index contributed by atoms with van der Waals surface area (Å²) in [5.74, 6) is -1.37. The van der Waals surface area contributed by atoms with Crippen LogP contribution in [0.4, 0.5) is 10.5 Å². The molecule has 1 aliphatic heterocycles. The van der Waals surface area contributed by atoms with Crippen LogP contribution in [0.25, 0.3) is 6.08 Å². The first-order chi connectivity index (χ1) is 14.5. The molecule has 0 aliphatic carbocycles. The number of nitrogens with zero attached hydrogens (tertiary/aromatic N) is 1. The molecule has 30 heavy (non-hydrogen) atoms. The Labute approximate surface area is 182 Å². The van der Waals surface area contributed by atoms with Crippen LogP contribution in [0, 0.1) is 0 Å². The van der Waals surface area contributed by atoms with Gasteiger partial charge in [0.15, 0.2) is 0 Å². The van der Waals surface area contributed by atoms with Crippen LogP contribution in [0.2, 0.25) is 5.02 Å². The van der Waals surface area contributed by atoms with Crippen molar-refractivity contribution in [3.63, 3.8) is 0 Å². The SMILES string of the molecule is O=C1NC(=O)N(c2ccccc2)C(=O)/C1=C\c1ccc(Sc2ccc(Cl)cc2)cc1. The van der Waals surface area contributed by atoms with Gasteiger partial charge in [0.05, 0.1) is 5.69 Å². The third kappa shape index (κ3) is 4.30. The highest BCUT2D eigenvalue weighted by Crippen LogP contribution is 2.29. The van der Waals surface area contributed by atoms with Gasteiger partial charge in [0.1, 0.15) is 5.57 Å². The normalized spacial score (nSPS) is 15.4. The molecule has 1 aliphatic rings. The van der Waals surface area contributed by atoms with Gasteiger partial charge < -0.3 is 0 Å². The highest BCUT2D eigenvalue weighted by Gasteiger charge is 2.36. The van der Waals surface area contributed by atoms with E-state index in [1.165, 1.54) is 6.08 Å². The van der Waals surface area contributed by atoms with Crippen molar-refractivity contribution in [2.24, 2.45) is 0 Å². The second kappa shape index (κ2) is 8.57. The summed E-state index contributed by atoms with van der Waals surface area (Å²) in [5.41, 5.74) is 0.973. The van der Waals surface area contributed by atoms with Crippen molar-refractivity contribution in [2.75, 3.05) is 4.90 Å². The maximum absolute atomic E-state index is 12.8. The maximum Gasteiger partial charge on any atom is 0.335 e. The van der Waals surface area contributed by atoms with E-state index in [0.29, 0.717) is 16.3 Å². The molecule has 0 atom stereocenters. The van der Waals surface area contributed by atoms with Gasteiger partial charge in [-0.2, -0.15) is 0 Å². The standard InChI is InChI=1S/C23H15ClN2O3S/c24-16-8-12-19(13-9-16)30-18-10-6-15(7-11-18)14-20-21(27)25-23(29)26(22(20)28)17-4-2-1-3-5-17/h1-14H,(H,25,27,29)/b20-14-. The molecule has 0 bridgehead atoms. The number of nitrogens with one attached hydrogen (secondary N) is 1. The lowest BCUT2D eigenvalue weighted by atomic mass is 10.1. The zero-order chi connectivity index (χ0) is 21.1. The van der Waals surface area contributed by atoms with E-state index in [2.05, 4.69) is 5.32 Å². The monoisotopic (exact) mass is 434 g/mol. The maximum atomic E-state index is 12.8. The second-order valence-electron chi connectivity index (χ2n) is 6.42. The van der Waals surface area contributed by atoms with Crippen molar-refractivity contribution in [1.82, 2.24) is 5.32 Å². The summed E-state index contributed by atoms with van der Waals surface area (Å²) in [5, 5.41) is 2.90. The minimum absolute atomic E-state index is 0.100. The van der Waals surface area contributed by atoms with E-state index in [0.717, 1.165) is 14.7 Å². The van der Waals surface area contributed by atoms with E-state index in [9.17, 15) is 14.4 Å². The molecule has 0 aromatic heterocycles. The Morgan fingerprint density at radius 1 is 0.800 bits per heavy atom. The first kappa shape index (κ1) is 19.9. The van der Waals surface area contributed by atoms with Gasteiger partial charge in [-0.05, 0) is 60.2 Å². The van der Waals surface area contributed by atoms with Crippen LogP contribution in [-0.4, -0.2) is 17.8 Å². The van der Waals surface area contributed by atoms with Crippen LogP contribution < -0.4 is 10.2 Å². The van der Waals surface area contributed by atoms with Gasteiger partial charge >= 0.3 is 6.03 Å². The summed E-state index contributed by atoms with van der Waals surface area (Å²) < 4.78 is 0. The van der Waals surface area contributed by atoms with E-state index < -0.39 is 17.8 Å². The van der Waals surface area contributed by atoms with Crippen LogP contribution in [0.5, 0.6) is 0 Å². The van der Waals surface area contributed by atoms with Gasteiger partial charge in [-0.3, -0.25) is 14.9 Å². The molecular formula is C23H15ClN2O3S. The van der Waals surface area contributed by atoms with E-state index in [-0.39, 0.29) is 5.57 Å². The minimum atomic E-state index is -0.761. The summed E-state index contributed by atoms with van der Waals surface area (Å²) in [6, 6.07) is 22.7. The number of rotatable bonds is 4. The Bertz CT molecular complexity index is 1140. The van der Waals surface area contributed by atoms with Crippen molar-refractivity contribution in [3.8, 4) is 0 Å². The van der Waals surface area contributed by atoms with Gasteiger partial charge in [0.2, 0.25) is 0 Å². The Morgan fingerprint density at radius 3 is 2.03 bits per heavy atom. The number of carbonyl (C=O) groups excluding carboxylic acids is 3. The number of benzene rings is 3. The molecule has 1 saturated heterocycles. The molecule has 0 saturated carbocycles. The molecule has 3 aromatic rings. The second-order valence-corrected chi connectivity index (χ2v) is 8.00. The van der Waals surface area contributed by atoms with Gasteiger partial charge in [0, 0.05) is 14.8 Å². The molecule has 7 heteroatoms. The van der Waals surface area contributed by atoms with Crippen LogP contribution in [0.3, 0.4) is 0 Å². The molecule has 0 radical (unpaired) electrons. The number of imide groups is 2. The van der Waals surface area contributed by atoms with E-state index in [1.807, 2.05) is 48.5 Å². The fourth-order valence-electron chi connectivity index (χ4n) is 2.91. The van der Waals surface area contributed by atoms with Crippen molar-refractivity contribution < 1.29 is 14.4 Å². The van der Waals surface area contributed by atoms with Crippen LogP contribution in [-0.2, 0) is 9.59 Å². The zero-order valence-electron chi connectivity index (χ0n) is 15.5. The number of hydrogen-bond donors (Lipinski definition) is 1. The minimum Gasteiger partial charge on any atom is -0.273 e. The first-order valence-electron chi connectivity index (χ1n) is 9.01. The molecule has 5 nitrogen and oxygen atoms in total. The number of hydrogen-bond acceptors (Lipinski definition) is 4. The Hall–Kier alpha value is -3.35. The predicted octanol–water partition coefficient (Wildman–Crippen LogP) is 5.16. The fourth-order valence-corrected chi connectivity index (χ4v) is 3.85. The Balaban J connectivity index is 1.57. The lowest BCUT2D eigenvalue weighted by molar-refractivity contribution is -0.122. The van der Waals surface area contributed by atoms with E-state index in [4.69, 9.17) is 11.6 Å². The summed E-state index contributed by atoms with van der Waals surface area (Å²) in [6.45, 7) is 0. The predicted molar refractivity (Wildman–Crippen MR) is 117 cm³/mol. The van der Waals surface area contributed by atoms with Gasteiger partial charge in [0.25, 0.3) is 11.8 Å². The number of anilines is 1. The van der Waals surface area contributed by atoms with Crippen LogP contribution >= 0.6 is 23.4 Å². The Kier molecular flexibility index (Phi) is 5.70. The highest BCUT2D eigenvalue weighted by atomic mass is 35.5. The fraction of sp³-hybridized carbons (Fsp3) is 0. The molecule has 4 amide bonds. The number of carbonyl (C=O) groups is 3. The molecule has 1 N–H and O–H groups in total. The molecular weight excluding hydrogens is 420 g/mol. The first-order valence-corrected chi connectivity index (χ1v) is 10.2. The van der Waals surface area contributed by atoms with Crippen LogP contribution in [0.1, 0.15) is 5.56 Å². The quantitative estimate of drug-likeness (QED) is 0.455. The van der Waals surface area contributed by atoms with Crippen molar-refractivity contribution in [3.05, 3.63) is 95.0 Å². The van der Waals surface area contributed by atoms with Gasteiger partial charge in [-0.1, -0.05) is 53.7 Å². The van der Waals surface area contributed by atoms with Gasteiger partial charge in [-0.15, -0.1) is 0 Å². The Morgan fingerprint density at radius 2 is 1.40 bits per heavy atom. The van der Waals surface area contributed by atoms with Gasteiger partial charge in [-0.25, -0.2) is 9.69 Å². The number of barbiturate groups is 1. The largest absolute Gasteiger partial charge is 0.335 e.